The third kappa shape index (κ3) is 2.01. The summed E-state index contributed by atoms with van der Waals surface area (Å²) in [6.45, 7) is 2.17. The number of benzene rings is 3. The number of aryl methyl sites for hydroxylation is 2. The Bertz CT molecular complexity index is 1260. The summed E-state index contributed by atoms with van der Waals surface area (Å²) < 4.78 is 8.36. The van der Waals surface area contributed by atoms with Crippen molar-refractivity contribution in [2.75, 3.05) is 0 Å². The molecule has 3 aromatic carbocycles. The van der Waals surface area contributed by atoms with Crippen molar-refractivity contribution in [2.24, 2.45) is 7.05 Å². The average Bonchev–Trinajstić information content (AvgIpc) is 3.02. The fourth-order valence-corrected chi connectivity index (χ4v) is 3.85. The van der Waals surface area contributed by atoms with Gasteiger partial charge in [0.2, 0.25) is 11.2 Å². The minimum absolute atomic E-state index is 0.938. The minimum atomic E-state index is 0.938. The number of nitrogens with zero attached hydrogens (tertiary/aromatic N) is 1. The van der Waals surface area contributed by atoms with Crippen LogP contribution in [0.4, 0.5) is 0 Å². The van der Waals surface area contributed by atoms with Crippen LogP contribution in [-0.4, -0.2) is 0 Å². The molecule has 25 heavy (non-hydrogen) atoms. The summed E-state index contributed by atoms with van der Waals surface area (Å²) in [6, 6.07) is 25.4. The first-order valence-corrected chi connectivity index (χ1v) is 8.53. The van der Waals surface area contributed by atoms with E-state index < -0.39 is 0 Å². The summed E-state index contributed by atoms with van der Waals surface area (Å²) >= 11 is 0. The Labute approximate surface area is 145 Å². The molecule has 2 heteroatoms. The molecule has 0 spiro atoms. The zero-order valence-electron chi connectivity index (χ0n) is 14.3. The summed E-state index contributed by atoms with van der Waals surface area (Å²) in [5.74, 6) is 0. The Kier molecular flexibility index (Phi) is 2.95. The van der Waals surface area contributed by atoms with E-state index in [0.717, 1.165) is 11.2 Å². The normalized spacial score (nSPS) is 11.6. The van der Waals surface area contributed by atoms with Gasteiger partial charge in [0.25, 0.3) is 0 Å². The fourth-order valence-electron chi connectivity index (χ4n) is 3.85. The summed E-state index contributed by atoms with van der Waals surface area (Å²) in [5, 5.41) is 3.61. The van der Waals surface area contributed by atoms with Gasteiger partial charge in [0, 0.05) is 28.3 Å². The lowest BCUT2D eigenvalue weighted by molar-refractivity contribution is -0.633. The zero-order chi connectivity index (χ0) is 17.0. The van der Waals surface area contributed by atoms with Crippen molar-refractivity contribution in [1.82, 2.24) is 0 Å². The van der Waals surface area contributed by atoms with Crippen LogP contribution in [0, 0.1) is 6.92 Å². The van der Waals surface area contributed by atoms with Gasteiger partial charge in [-0.25, -0.2) is 0 Å². The predicted octanol–water partition coefficient (Wildman–Crippen LogP) is 5.54. The lowest BCUT2D eigenvalue weighted by Crippen LogP contribution is -2.32. The Hall–Kier alpha value is -3.13. The van der Waals surface area contributed by atoms with Crippen LogP contribution in [0.15, 0.2) is 77.2 Å². The SMILES string of the molecule is Cc1ccc2oc3ccccc3c2c1-c1ccc2ccccc2[n+]1C. The maximum Gasteiger partial charge on any atom is 0.213 e. The second-order valence-electron chi connectivity index (χ2n) is 6.57. The van der Waals surface area contributed by atoms with E-state index in [1.165, 1.54) is 38.5 Å². The Morgan fingerprint density at radius 1 is 0.760 bits per heavy atom. The first kappa shape index (κ1) is 14.2. The van der Waals surface area contributed by atoms with Crippen molar-refractivity contribution < 1.29 is 8.98 Å². The number of fused-ring (bicyclic) bond motifs is 4. The molecule has 0 N–H and O–H groups in total. The van der Waals surface area contributed by atoms with Crippen molar-refractivity contribution in [3.05, 3.63) is 78.4 Å². The quantitative estimate of drug-likeness (QED) is 0.370. The highest BCUT2D eigenvalue weighted by atomic mass is 16.3. The molecule has 120 valence electrons. The number of hydrogen-bond donors (Lipinski definition) is 0. The second-order valence-corrected chi connectivity index (χ2v) is 6.57. The molecule has 0 saturated carbocycles. The number of furan rings is 1. The van der Waals surface area contributed by atoms with E-state index in [9.17, 15) is 0 Å². The van der Waals surface area contributed by atoms with E-state index in [4.69, 9.17) is 4.42 Å². The van der Waals surface area contributed by atoms with Crippen LogP contribution in [0.3, 0.4) is 0 Å². The maximum atomic E-state index is 6.09. The molecule has 0 amide bonds. The van der Waals surface area contributed by atoms with Gasteiger partial charge < -0.3 is 4.42 Å². The van der Waals surface area contributed by atoms with Gasteiger partial charge in [-0.1, -0.05) is 36.4 Å². The van der Waals surface area contributed by atoms with Crippen LogP contribution in [-0.2, 0) is 7.05 Å². The van der Waals surface area contributed by atoms with Gasteiger partial charge in [0.05, 0.1) is 5.56 Å². The molecule has 0 aliphatic heterocycles. The van der Waals surface area contributed by atoms with Crippen LogP contribution in [0.5, 0.6) is 0 Å². The highest BCUT2D eigenvalue weighted by molar-refractivity contribution is 6.12. The van der Waals surface area contributed by atoms with Crippen LogP contribution >= 0.6 is 0 Å². The first-order chi connectivity index (χ1) is 12.2. The molecule has 0 atom stereocenters. The Balaban J connectivity index is 1.95. The van der Waals surface area contributed by atoms with Crippen molar-refractivity contribution >= 4 is 32.8 Å². The number of para-hydroxylation sites is 2. The van der Waals surface area contributed by atoms with Crippen molar-refractivity contribution in [1.29, 1.82) is 0 Å². The third-order valence-corrected chi connectivity index (χ3v) is 5.09. The highest BCUT2D eigenvalue weighted by Crippen LogP contribution is 2.37. The smallest absolute Gasteiger partial charge is 0.213 e. The standard InChI is InChI=1S/C23H18NO/c1-15-11-14-21-23(17-8-4-6-10-20(17)25-21)22(15)19-13-12-16-7-3-5-9-18(16)24(19)2/h3-14H,1-2H3/q+1. The molecule has 0 fully saturated rings. The monoisotopic (exact) mass is 324 g/mol. The van der Waals surface area contributed by atoms with Gasteiger partial charge in [-0.2, -0.15) is 4.57 Å². The molecule has 5 rings (SSSR count). The van der Waals surface area contributed by atoms with E-state index in [0.29, 0.717) is 0 Å². The number of hydrogen-bond acceptors (Lipinski definition) is 1. The molecule has 2 nitrogen and oxygen atoms in total. The van der Waals surface area contributed by atoms with Gasteiger partial charge >= 0.3 is 0 Å². The molecule has 0 radical (unpaired) electrons. The predicted molar refractivity (Wildman–Crippen MR) is 103 cm³/mol. The van der Waals surface area contributed by atoms with Crippen LogP contribution in [0.2, 0.25) is 0 Å². The number of aromatic nitrogens is 1. The summed E-state index contributed by atoms with van der Waals surface area (Å²) in [5.41, 5.74) is 6.81. The lowest BCUT2D eigenvalue weighted by atomic mass is 9.97. The number of rotatable bonds is 1. The van der Waals surface area contributed by atoms with E-state index >= 15 is 0 Å². The molecule has 0 aliphatic carbocycles. The van der Waals surface area contributed by atoms with E-state index in [1.54, 1.807) is 0 Å². The highest BCUT2D eigenvalue weighted by Gasteiger charge is 2.21. The summed E-state index contributed by atoms with van der Waals surface area (Å²) in [6.07, 6.45) is 0. The fraction of sp³-hybridized carbons (Fsp3) is 0.0870. The topological polar surface area (TPSA) is 17.0 Å². The summed E-state index contributed by atoms with van der Waals surface area (Å²) in [7, 11) is 2.14. The Morgan fingerprint density at radius 3 is 2.48 bits per heavy atom. The molecule has 0 bridgehead atoms. The molecular weight excluding hydrogens is 306 g/mol. The van der Waals surface area contributed by atoms with Crippen LogP contribution in [0.1, 0.15) is 5.56 Å². The van der Waals surface area contributed by atoms with Gasteiger partial charge in [-0.3, -0.25) is 0 Å². The molecule has 2 heterocycles. The van der Waals surface area contributed by atoms with Gasteiger partial charge in [-0.05, 0) is 36.8 Å². The van der Waals surface area contributed by atoms with Gasteiger partial charge in [0.1, 0.15) is 18.2 Å². The van der Waals surface area contributed by atoms with Gasteiger partial charge in [-0.15, -0.1) is 0 Å². The van der Waals surface area contributed by atoms with Crippen molar-refractivity contribution in [3.8, 4) is 11.3 Å². The second kappa shape index (κ2) is 5.18. The molecule has 0 unspecified atom stereocenters. The molecule has 0 aliphatic rings. The van der Waals surface area contributed by atoms with Crippen molar-refractivity contribution in [2.45, 2.75) is 6.92 Å². The lowest BCUT2D eigenvalue weighted by Gasteiger charge is -2.08. The maximum absolute atomic E-state index is 6.09. The zero-order valence-corrected chi connectivity index (χ0v) is 14.3. The first-order valence-electron chi connectivity index (χ1n) is 8.53. The largest absolute Gasteiger partial charge is 0.456 e. The molecule has 5 aromatic rings. The minimum Gasteiger partial charge on any atom is -0.456 e. The van der Waals surface area contributed by atoms with E-state index in [2.05, 4.69) is 79.2 Å². The molecular formula is C23H18NO+. The Morgan fingerprint density at radius 2 is 1.56 bits per heavy atom. The van der Waals surface area contributed by atoms with Crippen LogP contribution < -0.4 is 4.57 Å². The van der Waals surface area contributed by atoms with Crippen LogP contribution in [0.25, 0.3) is 44.1 Å². The van der Waals surface area contributed by atoms with E-state index in [1.807, 2.05) is 12.1 Å². The number of pyridine rings is 1. The third-order valence-electron chi connectivity index (χ3n) is 5.09. The summed E-state index contributed by atoms with van der Waals surface area (Å²) in [4.78, 5) is 0. The van der Waals surface area contributed by atoms with Gasteiger partial charge in [0.15, 0.2) is 0 Å². The average molecular weight is 324 g/mol. The van der Waals surface area contributed by atoms with E-state index in [-0.39, 0.29) is 0 Å². The molecule has 2 aromatic heterocycles. The van der Waals surface area contributed by atoms with Crippen molar-refractivity contribution in [3.63, 3.8) is 0 Å². The molecule has 0 saturated heterocycles.